The molecule has 0 fully saturated rings. The average molecular weight is 274 g/mol. The number of carboxylic acid groups (broad SMARTS) is 1. The molecule has 0 aromatic rings. The molecule has 0 amide bonds. The highest BCUT2D eigenvalue weighted by Crippen LogP contribution is 2.53. The summed E-state index contributed by atoms with van der Waals surface area (Å²) in [6.45, 7) is 0. The highest BCUT2D eigenvalue weighted by atomic mass is 31.2. The van der Waals surface area contributed by atoms with Crippen molar-refractivity contribution in [1.82, 2.24) is 0 Å². The van der Waals surface area contributed by atoms with Crippen molar-refractivity contribution < 1.29 is 34.0 Å². The quantitative estimate of drug-likeness (QED) is 0.269. The summed E-state index contributed by atoms with van der Waals surface area (Å²) >= 11 is 0. The minimum atomic E-state index is -4.29. The third kappa shape index (κ3) is 7.87. The van der Waals surface area contributed by atoms with Crippen LogP contribution in [0, 0.1) is 5.41 Å². The van der Waals surface area contributed by atoms with Crippen LogP contribution in [0.3, 0.4) is 0 Å². The Hall–Kier alpha value is -0.360. The van der Waals surface area contributed by atoms with E-state index in [-0.39, 0.29) is 12.6 Å². The lowest BCUT2D eigenvalue weighted by Crippen LogP contribution is -2.15. The van der Waals surface area contributed by atoms with E-state index >= 15 is 0 Å². The van der Waals surface area contributed by atoms with E-state index in [1.54, 1.807) is 0 Å². The molecule has 0 atom stereocenters. The molecular formula is C6H14NO7P2+. The Morgan fingerprint density at radius 3 is 2.12 bits per heavy atom. The van der Waals surface area contributed by atoms with Crippen molar-refractivity contribution in [2.75, 3.05) is 18.5 Å². The van der Waals surface area contributed by atoms with Crippen molar-refractivity contribution >= 4 is 27.0 Å². The zero-order valence-electron chi connectivity index (χ0n) is 8.28. The molecule has 0 radical (unpaired) electrons. The van der Waals surface area contributed by atoms with Gasteiger partial charge in [-0.25, -0.2) is 14.6 Å². The van der Waals surface area contributed by atoms with Crippen molar-refractivity contribution in [3.63, 3.8) is 0 Å². The van der Waals surface area contributed by atoms with Gasteiger partial charge < -0.3 is 14.9 Å². The van der Waals surface area contributed by atoms with Gasteiger partial charge in [0.2, 0.25) is 0 Å². The number of hydrogen-bond donors (Lipinski definition) is 6. The van der Waals surface area contributed by atoms with E-state index in [1.807, 2.05) is 0 Å². The van der Waals surface area contributed by atoms with Crippen molar-refractivity contribution in [1.29, 1.82) is 5.41 Å². The number of nitrogens with one attached hydrogen (secondary N) is 1. The van der Waals surface area contributed by atoms with E-state index < -0.39 is 39.3 Å². The fourth-order valence-corrected chi connectivity index (χ4v) is 3.93. The van der Waals surface area contributed by atoms with Crippen LogP contribution >= 0.6 is 15.3 Å². The second kappa shape index (κ2) is 5.82. The van der Waals surface area contributed by atoms with Crippen molar-refractivity contribution in [2.24, 2.45) is 0 Å². The molecule has 16 heavy (non-hydrogen) atoms. The standard InChI is InChI=1S/C6H13NO7P2/c7-5(6(8)9)1-2-15(10,11)3-4-16(12,13)14/h7,10-11H,1-4H2,(H2-,8,9,12,13,14)/p+1. The van der Waals surface area contributed by atoms with Gasteiger partial charge in [-0.2, -0.15) is 0 Å². The van der Waals surface area contributed by atoms with Gasteiger partial charge >= 0.3 is 13.6 Å². The Balaban J connectivity index is 4.10. The lowest BCUT2D eigenvalue weighted by atomic mass is 10.3. The van der Waals surface area contributed by atoms with E-state index in [9.17, 15) is 19.1 Å². The van der Waals surface area contributed by atoms with Gasteiger partial charge in [0.25, 0.3) is 7.72 Å². The molecule has 0 bridgehead atoms. The number of carbonyl (C=O) groups is 1. The van der Waals surface area contributed by atoms with E-state index in [0.29, 0.717) is 0 Å². The maximum Gasteiger partial charge on any atom is 0.349 e. The Kier molecular flexibility index (Phi) is 5.69. The monoisotopic (exact) mass is 274 g/mol. The van der Waals surface area contributed by atoms with Crippen molar-refractivity contribution in [3.8, 4) is 0 Å². The first kappa shape index (κ1) is 15.6. The SMILES string of the molecule is N=C(CC[P+](O)(O)CCP(=O)(O)O)C(=O)O. The Morgan fingerprint density at radius 1 is 1.25 bits per heavy atom. The molecule has 6 N–H and O–H groups in total. The smallest absolute Gasteiger partial charge is 0.349 e. The highest BCUT2D eigenvalue weighted by molar-refractivity contribution is 7.65. The molecule has 0 heterocycles. The number of hydrogen-bond acceptors (Lipinski definition) is 5. The van der Waals surface area contributed by atoms with Gasteiger partial charge in [-0.3, -0.25) is 9.97 Å². The number of aliphatic carboxylic acids is 1. The van der Waals surface area contributed by atoms with Crippen LogP contribution in [-0.4, -0.2) is 54.8 Å². The minimum Gasteiger partial charge on any atom is -0.477 e. The maximum absolute atomic E-state index is 10.5. The molecule has 0 saturated heterocycles. The molecule has 0 aliphatic heterocycles. The van der Waals surface area contributed by atoms with Crippen LogP contribution in [0.5, 0.6) is 0 Å². The summed E-state index contributed by atoms with van der Waals surface area (Å²) in [5.41, 5.74) is -0.663. The average Bonchev–Trinajstić information content (AvgIpc) is 2.10. The Labute approximate surface area is 92.1 Å². The predicted molar refractivity (Wildman–Crippen MR) is 58.0 cm³/mol. The minimum absolute atomic E-state index is 0.336. The summed E-state index contributed by atoms with van der Waals surface area (Å²) < 4.78 is 10.5. The van der Waals surface area contributed by atoms with E-state index in [0.717, 1.165) is 0 Å². The van der Waals surface area contributed by atoms with E-state index in [1.165, 1.54) is 0 Å². The van der Waals surface area contributed by atoms with Gasteiger partial charge in [-0.05, 0) is 0 Å². The first-order chi connectivity index (χ1) is 7.03. The maximum atomic E-state index is 10.5. The molecule has 10 heteroatoms. The lowest BCUT2D eigenvalue weighted by molar-refractivity contribution is -0.129. The lowest BCUT2D eigenvalue weighted by Gasteiger charge is -2.12. The third-order valence-electron chi connectivity index (χ3n) is 1.73. The third-order valence-corrected chi connectivity index (χ3v) is 4.77. The first-order valence-corrected chi connectivity index (χ1v) is 8.08. The van der Waals surface area contributed by atoms with Gasteiger partial charge in [0, 0.05) is 6.42 Å². The summed E-state index contributed by atoms with van der Waals surface area (Å²) in [5, 5.41) is 15.3. The summed E-state index contributed by atoms with van der Waals surface area (Å²) in [7, 11) is -7.82. The van der Waals surface area contributed by atoms with E-state index in [4.69, 9.17) is 20.3 Å². The molecule has 0 unspecified atom stereocenters. The molecular weight excluding hydrogens is 260 g/mol. The Morgan fingerprint density at radius 2 is 1.75 bits per heavy atom. The molecule has 0 aromatic carbocycles. The topological polar surface area (TPSA) is 159 Å². The second-order valence-corrected chi connectivity index (χ2v) is 7.68. The number of carboxylic acids is 1. The van der Waals surface area contributed by atoms with Crippen molar-refractivity contribution in [2.45, 2.75) is 6.42 Å². The van der Waals surface area contributed by atoms with Crippen LogP contribution in [0.2, 0.25) is 0 Å². The summed E-state index contributed by atoms with van der Waals surface area (Å²) in [6, 6.07) is 0. The van der Waals surface area contributed by atoms with Gasteiger partial charge in [-0.15, -0.1) is 0 Å². The van der Waals surface area contributed by atoms with Gasteiger partial charge in [0.15, 0.2) is 0 Å². The molecule has 0 spiro atoms. The van der Waals surface area contributed by atoms with Crippen molar-refractivity contribution in [3.05, 3.63) is 0 Å². The van der Waals surface area contributed by atoms with Crippen LogP contribution in [0.25, 0.3) is 0 Å². The summed E-state index contributed by atoms with van der Waals surface area (Å²) in [4.78, 5) is 46.0. The van der Waals surface area contributed by atoms with Crippen LogP contribution in [0.15, 0.2) is 0 Å². The first-order valence-electron chi connectivity index (χ1n) is 4.21. The zero-order valence-corrected chi connectivity index (χ0v) is 10.1. The molecule has 8 nitrogen and oxygen atoms in total. The van der Waals surface area contributed by atoms with E-state index in [2.05, 4.69) is 0 Å². The van der Waals surface area contributed by atoms with Crippen LogP contribution in [-0.2, 0) is 9.36 Å². The summed E-state index contributed by atoms with van der Waals surface area (Å²) in [6.07, 6.45) is -1.81. The number of rotatable bonds is 7. The molecule has 0 rings (SSSR count). The van der Waals surface area contributed by atoms with Gasteiger partial charge in [0.1, 0.15) is 18.0 Å². The summed E-state index contributed by atoms with van der Waals surface area (Å²) in [5.74, 6) is -1.45. The second-order valence-electron chi connectivity index (χ2n) is 3.25. The van der Waals surface area contributed by atoms with Gasteiger partial charge in [-0.1, -0.05) is 0 Å². The largest absolute Gasteiger partial charge is 0.477 e. The molecule has 0 aromatic heterocycles. The normalized spacial score (nSPS) is 12.5. The fourth-order valence-electron chi connectivity index (χ4n) is 0.800. The van der Waals surface area contributed by atoms with Crippen LogP contribution < -0.4 is 0 Å². The van der Waals surface area contributed by atoms with Crippen LogP contribution in [0.1, 0.15) is 6.42 Å². The molecule has 94 valence electrons. The van der Waals surface area contributed by atoms with Gasteiger partial charge in [0.05, 0.1) is 6.16 Å². The highest BCUT2D eigenvalue weighted by Gasteiger charge is 2.36. The zero-order chi connectivity index (χ0) is 13.0. The molecule has 0 saturated carbocycles. The molecule has 0 aliphatic rings. The molecule has 0 aliphatic carbocycles. The van der Waals surface area contributed by atoms with Crippen LogP contribution in [0.4, 0.5) is 0 Å². The predicted octanol–water partition coefficient (Wildman–Crippen LogP) is -0.509. The Bertz CT molecular complexity index is 323. The fraction of sp³-hybridized carbons (Fsp3) is 0.667.